The van der Waals surface area contributed by atoms with Gasteiger partial charge in [-0.15, -0.1) is 0 Å². The largest absolute Gasteiger partial charge is 0.313 e. The normalized spacial score (nSPS) is 13.4. The molecule has 6 heteroatoms. The molecule has 0 bridgehead atoms. The zero-order valence-corrected chi connectivity index (χ0v) is 67.0. The summed E-state index contributed by atoms with van der Waals surface area (Å²) < 4.78 is 0. The van der Waals surface area contributed by atoms with Gasteiger partial charge in [-0.3, -0.25) is 0 Å². The highest BCUT2D eigenvalue weighted by Gasteiger charge is 2.46. The number of hydrogen-bond donors (Lipinski definition) is 0. The van der Waals surface area contributed by atoms with E-state index in [9.17, 15) is 5.26 Å². The van der Waals surface area contributed by atoms with Gasteiger partial charge in [0.05, 0.1) is 34.4 Å². The minimum atomic E-state index is -0.361. The number of para-hydroxylation sites is 4. The Hall–Kier alpha value is -12.1. The molecule has 2 heterocycles. The van der Waals surface area contributed by atoms with Crippen molar-refractivity contribution in [1.82, 2.24) is 0 Å². The first-order chi connectivity index (χ1) is 53.2. The number of hydrogen-bond acceptors (Lipinski definition) is 5. The Balaban J connectivity index is 1.08. The van der Waals surface area contributed by atoms with E-state index in [0.717, 1.165) is 142 Å². The topological polar surface area (TPSA) is 36.8 Å². The summed E-state index contributed by atoms with van der Waals surface area (Å²) >= 11 is 0. The molecule has 13 aromatic rings. The van der Waals surface area contributed by atoms with Crippen molar-refractivity contribution in [3.05, 3.63) is 348 Å². The van der Waals surface area contributed by atoms with E-state index in [1.807, 2.05) is 6.07 Å². The van der Waals surface area contributed by atoms with E-state index >= 15 is 0 Å². The number of rotatable bonds is 13. The molecule has 0 atom stereocenters. The Labute approximate surface area is 660 Å². The van der Waals surface area contributed by atoms with Crippen molar-refractivity contribution in [2.45, 2.75) is 138 Å². The molecule has 3 aliphatic rings. The lowest BCUT2D eigenvalue weighted by Crippen LogP contribution is -2.61. The van der Waals surface area contributed by atoms with Crippen LogP contribution in [-0.2, 0) is 21.7 Å². The third-order valence-electron chi connectivity index (χ3n) is 22.8. The Kier molecular flexibility index (Phi) is 18.7. The summed E-state index contributed by atoms with van der Waals surface area (Å²) in [7, 11) is 0. The molecule has 5 nitrogen and oxygen atoms in total. The molecular formula is C105H98BN5. The van der Waals surface area contributed by atoms with Gasteiger partial charge in [-0.2, -0.15) is 5.26 Å². The van der Waals surface area contributed by atoms with Gasteiger partial charge in [0, 0.05) is 73.3 Å². The van der Waals surface area contributed by atoms with Crippen LogP contribution in [0.1, 0.15) is 145 Å². The second-order valence-corrected chi connectivity index (χ2v) is 35.5. The summed E-state index contributed by atoms with van der Waals surface area (Å²) in [4.78, 5) is 10.2. The molecule has 0 amide bonds. The number of allylic oxidation sites excluding steroid dienone is 4. The fourth-order valence-electron chi connectivity index (χ4n) is 17.0. The van der Waals surface area contributed by atoms with Gasteiger partial charge in [-0.05, 0) is 210 Å². The number of fused-ring (bicyclic) bond motifs is 4. The Morgan fingerprint density at radius 2 is 0.874 bits per heavy atom. The lowest BCUT2D eigenvalue weighted by molar-refractivity contribution is 0.479. The Bertz CT molecular complexity index is 5750. The van der Waals surface area contributed by atoms with Crippen molar-refractivity contribution in [3.8, 4) is 61.7 Å². The highest BCUT2D eigenvalue weighted by Crippen LogP contribution is 2.55. The number of anilines is 11. The molecule has 16 rings (SSSR count). The van der Waals surface area contributed by atoms with E-state index in [4.69, 9.17) is 0 Å². The SMILES string of the molecule is CC(C)(C)C1=CC=C(N(c2ccc(C(C)(C)C)cc2)c2cc3c(cc2-c2c#cccc2)B2c4ccc(-c5cc(N(c6ccccc6)c6ccccc6)c(C(C)(C)C)cc5C#N)cc4N(c4ccccc4-c4ccccc4)c4cc(-c5ccc(C(C)(C)C)cc5C(C)(C)C)cc(c42)N3c2ccccc2-c2ccccc2)CC1. The first kappa shape index (κ1) is 73.1. The maximum absolute atomic E-state index is 11.8. The zero-order valence-electron chi connectivity index (χ0n) is 67.0. The van der Waals surface area contributed by atoms with Crippen LogP contribution in [0, 0.1) is 28.9 Å². The molecule has 0 unspecified atom stereocenters. The molecule has 0 N–H and O–H groups in total. The van der Waals surface area contributed by atoms with Gasteiger partial charge < -0.3 is 19.6 Å². The molecule has 0 aromatic heterocycles. The van der Waals surface area contributed by atoms with E-state index in [2.05, 4.69) is 433 Å². The van der Waals surface area contributed by atoms with Crippen molar-refractivity contribution in [2.75, 3.05) is 19.6 Å². The van der Waals surface area contributed by atoms with Gasteiger partial charge in [0.25, 0.3) is 6.71 Å². The van der Waals surface area contributed by atoms with Gasteiger partial charge in [-0.25, -0.2) is 0 Å². The first-order valence-corrected chi connectivity index (χ1v) is 39.4. The molecule has 1 aliphatic carbocycles. The van der Waals surface area contributed by atoms with Crippen LogP contribution >= 0.6 is 0 Å². The van der Waals surface area contributed by atoms with Gasteiger partial charge in [0.2, 0.25) is 0 Å². The number of benzene rings is 12. The van der Waals surface area contributed by atoms with Crippen molar-refractivity contribution in [1.29, 1.82) is 5.26 Å². The van der Waals surface area contributed by atoms with Crippen LogP contribution in [0.2, 0.25) is 0 Å². The van der Waals surface area contributed by atoms with Gasteiger partial charge in [0.1, 0.15) is 0 Å². The fraction of sp³-hybridized carbons (Fsp3) is 0.210. The zero-order chi connectivity index (χ0) is 77.5. The van der Waals surface area contributed by atoms with Crippen molar-refractivity contribution in [3.63, 3.8) is 0 Å². The maximum Gasteiger partial charge on any atom is 0.252 e. The van der Waals surface area contributed by atoms with E-state index in [-0.39, 0.29) is 33.8 Å². The molecular weight excluding hydrogens is 1340 g/mol. The maximum atomic E-state index is 11.8. The lowest BCUT2D eigenvalue weighted by Gasteiger charge is -2.46. The predicted octanol–water partition coefficient (Wildman–Crippen LogP) is 27.0. The van der Waals surface area contributed by atoms with Crippen LogP contribution in [0.5, 0.6) is 0 Å². The summed E-state index contributed by atoms with van der Waals surface area (Å²) in [6.07, 6.45) is 6.57. The van der Waals surface area contributed by atoms with Gasteiger partial charge >= 0.3 is 0 Å². The van der Waals surface area contributed by atoms with E-state index in [1.54, 1.807) is 0 Å². The molecule has 0 saturated heterocycles. The minimum Gasteiger partial charge on any atom is -0.313 e. The third-order valence-corrected chi connectivity index (χ3v) is 22.8. The predicted molar refractivity (Wildman–Crippen MR) is 473 cm³/mol. The monoisotopic (exact) mass is 1440 g/mol. The van der Waals surface area contributed by atoms with E-state index in [0.29, 0.717) is 5.56 Å². The molecule has 13 aromatic carbocycles. The van der Waals surface area contributed by atoms with Gasteiger partial charge in [-0.1, -0.05) is 316 Å². The molecule has 0 saturated carbocycles. The summed E-state index contributed by atoms with van der Waals surface area (Å²) in [5.41, 5.74) is 32.9. The molecule has 546 valence electrons. The number of nitrogens with zero attached hydrogens (tertiary/aromatic N) is 5. The number of nitriles is 1. The fourth-order valence-corrected chi connectivity index (χ4v) is 17.0. The van der Waals surface area contributed by atoms with Gasteiger partial charge in [0.15, 0.2) is 0 Å². The molecule has 111 heavy (non-hydrogen) atoms. The average Bonchev–Trinajstić information content (AvgIpc) is 0.686. The third kappa shape index (κ3) is 13.8. The van der Waals surface area contributed by atoms with Crippen molar-refractivity contribution < 1.29 is 0 Å². The summed E-state index contributed by atoms with van der Waals surface area (Å²) in [6.45, 7) is 34.4. The smallest absolute Gasteiger partial charge is 0.252 e. The first-order valence-electron chi connectivity index (χ1n) is 39.4. The molecule has 0 spiro atoms. The summed E-state index contributed by atoms with van der Waals surface area (Å²) in [5, 5.41) is 11.8. The Morgan fingerprint density at radius 1 is 0.351 bits per heavy atom. The molecule has 0 fully saturated rings. The molecule has 2 aliphatic heterocycles. The van der Waals surface area contributed by atoms with Crippen LogP contribution in [-0.4, -0.2) is 6.71 Å². The average molecular weight is 1440 g/mol. The summed E-state index contributed by atoms with van der Waals surface area (Å²) in [5.74, 6) is 0. The van der Waals surface area contributed by atoms with Crippen LogP contribution in [0.4, 0.5) is 62.6 Å². The lowest BCUT2D eigenvalue weighted by atomic mass is 9.33. The van der Waals surface area contributed by atoms with Crippen molar-refractivity contribution >= 4 is 85.7 Å². The van der Waals surface area contributed by atoms with Crippen LogP contribution in [0.3, 0.4) is 0 Å². The van der Waals surface area contributed by atoms with Crippen LogP contribution < -0.4 is 36.0 Å². The van der Waals surface area contributed by atoms with Crippen LogP contribution in [0.25, 0.3) is 55.6 Å². The second kappa shape index (κ2) is 28.4. The van der Waals surface area contributed by atoms with E-state index < -0.39 is 0 Å². The highest BCUT2D eigenvalue weighted by atomic mass is 15.2. The molecule has 0 radical (unpaired) electrons. The standard InChI is InChI=1S/C105H98BN5/c1-101(2,3)76-50-55-81(56-51-76)108(82-57-52-77(53-58-82)102(4,5)6)94-68-97-91(66-87(94)72-39-25-18-26-40-72)106-90-60-49-73(86-67-95(89(105(13,14)15)61-75(86)69-107)109(79-41-27-19-28-42-79)80-43-29-20-30-44-80)62-96(90)110(92-47-33-31-45-84(92)70-35-21-16-22-36-70)98-63-74(83-59-54-78(103(7,8)9)65-88(83)104(10,11)12)64-99(100(98)106)111(97)93-48-34-32-46-85(93)71-37-23-17-24-38-71/h16-25,27-39,41-52,54-57,59-68H,53,58H2,1-15H3. The van der Waals surface area contributed by atoms with Crippen LogP contribution in [0.15, 0.2) is 309 Å². The summed E-state index contributed by atoms with van der Waals surface area (Å²) in [6, 6.07) is 116. The quantitative estimate of drug-likeness (QED) is 0.108. The Morgan fingerprint density at radius 3 is 1.39 bits per heavy atom. The minimum absolute atomic E-state index is 0.00702. The van der Waals surface area contributed by atoms with Crippen molar-refractivity contribution in [2.24, 2.45) is 5.41 Å². The highest BCUT2D eigenvalue weighted by molar-refractivity contribution is 7.00. The van der Waals surface area contributed by atoms with E-state index in [1.165, 1.54) is 39.0 Å². The second-order valence-electron chi connectivity index (χ2n) is 35.5.